The smallest absolute Gasteiger partial charge is 0.0471 e. The van der Waals surface area contributed by atoms with Gasteiger partial charge >= 0.3 is 0 Å². The molecule has 0 aliphatic carbocycles. The van der Waals surface area contributed by atoms with E-state index in [2.05, 4.69) is 66.9 Å². The maximum absolute atomic E-state index is 6.13. The minimum atomic E-state index is 0.321. The highest BCUT2D eigenvalue weighted by molar-refractivity contribution is 9.13. The van der Waals surface area contributed by atoms with Crippen LogP contribution in [-0.2, 0) is 0 Å². The van der Waals surface area contributed by atoms with Crippen LogP contribution < -0.4 is 5.73 Å². The number of nitrogens with two attached hydrogens (primary N) is 1. The molecule has 0 spiro atoms. The van der Waals surface area contributed by atoms with Crippen molar-refractivity contribution < 1.29 is 0 Å². The molecule has 5 heteroatoms. The van der Waals surface area contributed by atoms with Gasteiger partial charge in [0, 0.05) is 46.7 Å². The standard InChI is InChI=1S/C16H23Br2N3/c1-20-12-3-4-13(20)10-21(7-6-12)16(9-19)11-2-5-14(17)15(18)8-11/h2,5,8,12-13,16H,3-4,6-7,9-10,19H2,1H3. The van der Waals surface area contributed by atoms with E-state index in [0.29, 0.717) is 18.6 Å². The lowest BCUT2D eigenvalue weighted by Crippen LogP contribution is -2.40. The van der Waals surface area contributed by atoms with E-state index >= 15 is 0 Å². The molecule has 0 amide bonds. The number of benzene rings is 1. The lowest BCUT2D eigenvalue weighted by atomic mass is 10.0. The maximum atomic E-state index is 6.13. The molecule has 0 radical (unpaired) electrons. The summed E-state index contributed by atoms with van der Waals surface area (Å²) in [6, 6.07) is 8.30. The van der Waals surface area contributed by atoms with Crippen molar-refractivity contribution in [2.45, 2.75) is 37.4 Å². The van der Waals surface area contributed by atoms with Crippen LogP contribution in [0.2, 0.25) is 0 Å². The molecule has 116 valence electrons. The highest BCUT2D eigenvalue weighted by Crippen LogP contribution is 2.33. The van der Waals surface area contributed by atoms with Gasteiger partial charge in [0.25, 0.3) is 0 Å². The minimum absolute atomic E-state index is 0.321. The van der Waals surface area contributed by atoms with Crippen LogP contribution in [0.3, 0.4) is 0 Å². The van der Waals surface area contributed by atoms with E-state index in [9.17, 15) is 0 Å². The Kier molecular flexibility index (Phi) is 5.06. The Morgan fingerprint density at radius 2 is 1.95 bits per heavy atom. The predicted molar refractivity (Wildman–Crippen MR) is 94.4 cm³/mol. The third-order valence-electron chi connectivity index (χ3n) is 5.17. The molecule has 2 heterocycles. The van der Waals surface area contributed by atoms with Gasteiger partial charge in [-0.05, 0) is 75.9 Å². The predicted octanol–water partition coefficient (Wildman–Crippen LogP) is 3.38. The van der Waals surface area contributed by atoms with E-state index in [1.165, 1.54) is 24.8 Å². The Bertz CT molecular complexity index is 508. The van der Waals surface area contributed by atoms with E-state index in [-0.39, 0.29) is 0 Å². The van der Waals surface area contributed by atoms with Gasteiger partial charge < -0.3 is 5.73 Å². The number of likely N-dealkylation sites (N-methyl/N-ethyl adjacent to an activating group) is 1. The van der Waals surface area contributed by atoms with Crippen molar-refractivity contribution in [2.24, 2.45) is 5.73 Å². The number of hydrogen-bond donors (Lipinski definition) is 1. The first kappa shape index (κ1) is 15.9. The first-order chi connectivity index (χ1) is 10.1. The zero-order valence-electron chi connectivity index (χ0n) is 12.4. The van der Waals surface area contributed by atoms with Gasteiger partial charge in [0.2, 0.25) is 0 Å². The molecule has 21 heavy (non-hydrogen) atoms. The van der Waals surface area contributed by atoms with Gasteiger partial charge in [0.1, 0.15) is 0 Å². The van der Waals surface area contributed by atoms with E-state index < -0.39 is 0 Å². The number of halogens is 2. The van der Waals surface area contributed by atoms with Gasteiger partial charge in [0.15, 0.2) is 0 Å². The Balaban J connectivity index is 1.81. The fourth-order valence-corrected chi connectivity index (χ4v) is 4.48. The third kappa shape index (κ3) is 3.22. The molecule has 0 saturated carbocycles. The maximum Gasteiger partial charge on any atom is 0.0471 e. The molecule has 2 aliphatic heterocycles. The van der Waals surface area contributed by atoms with Crippen molar-refractivity contribution in [3.05, 3.63) is 32.7 Å². The van der Waals surface area contributed by atoms with E-state index in [1.54, 1.807) is 0 Å². The average molecular weight is 417 g/mol. The minimum Gasteiger partial charge on any atom is -0.329 e. The van der Waals surface area contributed by atoms with Gasteiger partial charge in [-0.25, -0.2) is 0 Å². The van der Waals surface area contributed by atoms with Crippen molar-refractivity contribution in [1.29, 1.82) is 0 Å². The van der Waals surface area contributed by atoms with Crippen molar-refractivity contribution in [1.82, 2.24) is 9.80 Å². The Labute approximate surface area is 144 Å². The van der Waals surface area contributed by atoms with E-state index in [1.807, 2.05) is 0 Å². The SMILES string of the molecule is CN1C2CCC1CN(C(CN)c1ccc(Br)c(Br)c1)CC2. The second-order valence-electron chi connectivity index (χ2n) is 6.26. The van der Waals surface area contributed by atoms with Crippen LogP contribution in [0.1, 0.15) is 30.9 Å². The van der Waals surface area contributed by atoms with Crippen LogP contribution in [0, 0.1) is 0 Å². The van der Waals surface area contributed by atoms with Crippen LogP contribution in [0.25, 0.3) is 0 Å². The Morgan fingerprint density at radius 1 is 1.19 bits per heavy atom. The highest BCUT2D eigenvalue weighted by atomic mass is 79.9. The van der Waals surface area contributed by atoms with Crippen molar-refractivity contribution in [3.63, 3.8) is 0 Å². The molecule has 1 aromatic rings. The monoisotopic (exact) mass is 415 g/mol. The van der Waals surface area contributed by atoms with Crippen LogP contribution >= 0.6 is 31.9 Å². The van der Waals surface area contributed by atoms with Gasteiger partial charge in [-0.3, -0.25) is 9.80 Å². The van der Waals surface area contributed by atoms with Gasteiger partial charge in [0.05, 0.1) is 0 Å². The summed E-state index contributed by atoms with van der Waals surface area (Å²) in [6.07, 6.45) is 3.96. The quantitative estimate of drug-likeness (QED) is 0.819. The molecular formula is C16H23Br2N3. The molecule has 2 saturated heterocycles. The first-order valence-electron chi connectivity index (χ1n) is 7.71. The molecule has 0 aromatic heterocycles. The van der Waals surface area contributed by atoms with Gasteiger partial charge in [-0.1, -0.05) is 6.07 Å². The number of hydrogen-bond acceptors (Lipinski definition) is 3. The van der Waals surface area contributed by atoms with E-state index in [0.717, 1.165) is 28.1 Å². The fourth-order valence-electron chi connectivity index (χ4n) is 3.83. The lowest BCUT2D eigenvalue weighted by molar-refractivity contribution is 0.175. The van der Waals surface area contributed by atoms with Crippen molar-refractivity contribution >= 4 is 31.9 Å². The third-order valence-corrected chi connectivity index (χ3v) is 7.05. The number of likely N-dealkylation sites (tertiary alicyclic amines) is 1. The molecule has 3 unspecified atom stereocenters. The van der Waals surface area contributed by atoms with Crippen molar-refractivity contribution in [2.75, 3.05) is 26.7 Å². The summed E-state index contributed by atoms with van der Waals surface area (Å²) in [5.74, 6) is 0. The summed E-state index contributed by atoms with van der Waals surface area (Å²) in [5.41, 5.74) is 7.44. The summed E-state index contributed by atoms with van der Waals surface area (Å²) in [6.45, 7) is 2.97. The summed E-state index contributed by atoms with van der Waals surface area (Å²) in [7, 11) is 2.29. The molecular weight excluding hydrogens is 394 g/mol. The van der Waals surface area contributed by atoms with Gasteiger partial charge in [-0.2, -0.15) is 0 Å². The highest BCUT2D eigenvalue weighted by Gasteiger charge is 2.36. The van der Waals surface area contributed by atoms with Crippen LogP contribution in [0.15, 0.2) is 27.1 Å². The summed E-state index contributed by atoms with van der Waals surface area (Å²) >= 11 is 7.16. The fraction of sp³-hybridized carbons (Fsp3) is 0.625. The number of fused-ring (bicyclic) bond motifs is 2. The molecule has 2 N–H and O–H groups in total. The zero-order valence-corrected chi connectivity index (χ0v) is 15.6. The van der Waals surface area contributed by atoms with Gasteiger partial charge in [-0.15, -0.1) is 0 Å². The normalized spacial score (nSPS) is 28.6. The lowest BCUT2D eigenvalue weighted by Gasteiger charge is -2.33. The topological polar surface area (TPSA) is 32.5 Å². The second-order valence-corrected chi connectivity index (χ2v) is 7.97. The molecule has 1 aromatic carbocycles. The molecule has 3 nitrogen and oxygen atoms in total. The van der Waals surface area contributed by atoms with E-state index in [4.69, 9.17) is 5.73 Å². The first-order valence-corrected chi connectivity index (χ1v) is 9.29. The second kappa shape index (κ2) is 6.67. The molecule has 2 fully saturated rings. The van der Waals surface area contributed by atoms with Crippen LogP contribution in [0.4, 0.5) is 0 Å². The summed E-state index contributed by atoms with van der Waals surface area (Å²) in [4.78, 5) is 5.18. The number of rotatable bonds is 3. The number of nitrogens with zero attached hydrogens (tertiary/aromatic N) is 2. The van der Waals surface area contributed by atoms with Crippen LogP contribution in [-0.4, -0.2) is 48.6 Å². The molecule has 3 atom stereocenters. The van der Waals surface area contributed by atoms with Crippen LogP contribution in [0.5, 0.6) is 0 Å². The molecule has 2 aliphatic rings. The Morgan fingerprint density at radius 3 is 2.67 bits per heavy atom. The summed E-state index contributed by atoms with van der Waals surface area (Å²) < 4.78 is 2.20. The largest absolute Gasteiger partial charge is 0.329 e. The Hall–Kier alpha value is 0.0600. The van der Waals surface area contributed by atoms with Crippen molar-refractivity contribution in [3.8, 4) is 0 Å². The molecule has 3 rings (SSSR count). The molecule has 2 bridgehead atoms. The summed E-state index contributed by atoms with van der Waals surface area (Å²) in [5, 5.41) is 0. The zero-order chi connectivity index (χ0) is 15.0. The average Bonchev–Trinajstić information content (AvgIpc) is 2.70.